The van der Waals surface area contributed by atoms with Crippen molar-refractivity contribution < 1.29 is 11.0 Å². The van der Waals surface area contributed by atoms with Crippen molar-refractivity contribution >= 4 is 33.4 Å². The third-order valence-electron chi connectivity index (χ3n) is 4.46. The summed E-state index contributed by atoms with van der Waals surface area (Å²) in [4.78, 5) is 30.8. The van der Waals surface area contributed by atoms with Gasteiger partial charge in [0.25, 0.3) is 5.91 Å². The highest BCUT2D eigenvalue weighted by Gasteiger charge is 2.49. The molecule has 0 saturated carbocycles. The number of aromatic nitrogens is 1. The fraction of sp³-hybridized carbons (Fsp3) is 0.312. The highest BCUT2D eigenvalue weighted by molar-refractivity contribution is 7.16. The number of likely N-dealkylation sites (tertiary alicyclic amines) is 1. The van der Waals surface area contributed by atoms with Crippen LogP contribution in [0.2, 0.25) is 0 Å². The number of benzene rings is 1. The van der Waals surface area contributed by atoms with Gasteiger partial charge >= 0.3 is 0 Å². The zero-order valence-electron chi connectivity index (χ0n) is 12.9. The van der Waals surface area contributed by atoms with Crippen LogP contribution < -0.4 is 5.32 Å². The molecule has 1 aromatic carbocycles. The highest BCUT2D eigenvalue weighted by Crippen LogP contribution is 2.40. The summed E-state index contributed by atoms with van der Waals surface area (Å²) in [6.07, 6.45) is 1.21. The van der Waals surface area contributed by atoms with E-state index in [-0.39, 0.29) is 17.9 Å². The predicted molar refractivity (Wildman–Crippen MR) is 84.5 cm³/mol. The van der Waals surface area contributed by atoms with Crippen LogP contribution in [-0.4, -0.2) is 34.8 Å². The van der Waals surface area contributed by atoms with E-state index in [2.05, 4.69) is 16.9 Å². The minimum atomic E-state index is -0.542. The maximum absolute atomic E-state index is 12.8. The summed E-state index contributed by atoms with van der Waals surface area (Å²) < 4.78 is 9.00. The Morgan fingerprint density at radius 3 is 3.23 bits per heavy atom. The van der Waals surface area contributed by atoms with E-state index in [1.54, 1.807) is 22.5 Å². The first-order chi connectivity index (χ1) is 11.0. The van der Waals surface area contributed by atoms with E-state index in [1.807, 2.05) is 0 Å². The molecule has 2 amide bonds. The average molecular weight is 315 g/mol. The maximum atomic E-state index is 12.8. The Balaban J connectivity index is 1.63. The lowest BCUT2D eigenvalue weighted by Gasteiger charge is -2.20. The molecule has 3 heterocycles. The van der Waals surface area contributed by atoms with Crippen LogP contribution in [0.1, 0.15) is 24.6 Å². The number of nitrogens with one attached hydrogen (secondary N) is 1. The third kappa shape index (κ3) is 1.94. The third-order valence-corrected chi connectivity index (χ3v) is 5.25. The van der Waals surface area contributed by atoms with Gasteiger partial charge in [0, 0.05) is 30.8 Å². The fourth-order valence-electron chi connectivity index (χ4n) is 3.30. The molecule has 0 bridgehead atoms. The number of hydrogen-bond donors (Lipinski definition) is 1. The van der Waals surface area contributed by atoms with E-state index >= 15 is 0 Å². The van der Waals surface area contributed by atoms with Crippen molar-refractivity contribution in [3.8, 4) is 0 Å². The van der Waals surface area contributed by atoms with Crippen molar-refractivity contribution in [3.63, 3.8) is 0 Å². The van der Waals surface area contributed by atoms with Crippen molar-refractivity contribution in [2.75, 3.05) is 13.1 Å². The quantitative estimate of drug-likeness (QED) is 0.877. The van der Waals surface area contributed by atoms with Gasteiger partial charge in [-0.2, -0.15) is 0 Å². The van der Waals surface area contributed by atoms with E-state index in [0.29, 0.717) is 31.5 Å². The van der Waals surface area contributed by atoms with Gasteiger partial charge in [0.15, 0.2) is 0 Å². The van der Waals surface area contributed by atoms with Gasteiger partial charge < -0.3 is 10.2 Å². The summed E-state index contributed by atoms with van der Waals surface area (Å²) in [5, 5.41) is 2.76. The van der Waals surface area contributed by atoms with E-state index in [0.717, 1.165) is 15.9 Å². The molecule has 1 spiro atoms. The number of carbonyl (C=O) groups excluding carboxylic acids is 2. The van der Waals surface area contributed by atoms with Crippen molar-refractivity contribution in [2.24, 2.45) is 5.41 Å². The van der Waals surface area contributed by atoms with Gasteiger partial charge in [-0.3, -0.25) is 9.59 Å². The molecule has 1 N–H and O–H groups in total. The zero-order chi connectivity index (χ0) is 16.2. The molecular formula is C16H15N3O2S. The van der Waals surface area contributed by atoms with E-state index < -0.39 is 5.41 Å². The van der Waals surface area contributed by atoms with E-state index in [9.17, 15) is 9.59 Å². The molecule has 2 saturated heterocycles. The van der Waals surface area contributed by atoms with Gasteiger partial charge in [-0.25, -0.2) is 4.98 Å². The normalized spacial score (nSPS) is 25.1. The van der Waals surface area contributed by atoms with Crippen LogP contribution in [0.25, 0.3) is 10.2 Å². The maximum Gasteiger partial charge on any atom is 0.253 e. The Morgan fingerprint density at radius 1 is 1.59 bits per heavy atom. The van der Waals surface area contributed by atoms with Crippen LogP contribution >= 0.6 is 11.3 Å². The molecule has 112 valence electrons. The molecule has 22 heavy (non-hydrogen) atoms. The first-order valence-electron chi connectivity index (χ1n) is 7.61. The lowest BCUT2D eigenvalue weighted by Crippen LogP contribution is -2.36. The fourth-order valence-corrected chi connectivity index (χ4v) is 3.94. The standard InChI is InChI=1S/C16H15N3O2S/c1-10-7-16(15(21)18-10)4-5-19(8-16)14(20)11-2-3-13-12(6-11)17-9-22-13/h2-3,6,9H,1,4-5,7-8H2,(H,18,21)/i2T. The number of fused-ring (bicyclic) bond motifs is 1. The summed E-state index contributed by atoms with van der Waals surface area (Å²) in [5.41, 5.74) is 2.96. The molecule has 0 aliphatic carbocycles. The van der Waals surface area contributed by atoms with Gasteiger partial charge in [0.05, 0.1) is 22.5 Å². The lowest BCUT2D eigenvalue weighted by atomic mass is 9.85. The summed E-state index contributed by atoms with van der Waals surface area (Å²) in [6, 6.07) is 3.55. The summed E-state index contributed by atoms with van der Waals surface area (Å²) in [6.45, 7) is 4.72. The average Bonchev–Trinajstić information content (AvgIpc) is 3.18. The summed E-state index contributed by atoms with van der Waals surface area (Å²) in [5.74, 6) is -0.245. The number of thiazole rings is 1. The molecule has 2 fully saturated rings. The van der Waals surface area contributed by atoms with Crippen LogP contribution in [0.5, 0.6) is 0 Å². The summed E-state index contributed by atoms with van der Waals surface area (Å²) in [7, 11) is 0. The van der Waals surface area contributed by atoms with Crippen LogP contribution in [0.15, 0.2) is 36.0 Å². The van der Waals surface area contributed by atoms with Gasteiger partial charge in [-0.15, -0.1) is 11.3 Å². The second-order valence-corrected chi connectivity index (χ2v) is 6.83. The Morgan fingerprint density at radius 2 is 2.45 bits per heavy atom. The molecule has 0 radical (unpaired) electrons. The van der Waals surface area contributed by atoms with E-state index in [4.69, 9.17) is 1.37 Å². The molecule has 5 nitrogen and oxygen atoms in total. The number of hydrogen-bond acceptors (Lipinski definition) is 4. The first kappa shape index (κ1) is 12.3. The van der Waals surface area contributed by atoms with Crippen molar-refractivity contribution in [3.05, 3.63) is 41.5 Å². The van der Waals surface area contributed by atoms with Crippen LogP contribution in [0.3, 0.4) is 0 Å². The number of allylic oxidation sites excluding steroid dienone is 1. The van der Waals surface area contributed by atoms with Gasteiger partial charge in [-0.05, 0) is 24.6 Å². The second kappa shape index (κ2) is 4.64. The largest absolute Gasteiger partial charge is 0.338 e. The number of carbonyl (C=O) groups is 2. The molecule has 2 aliphatic heterocycles. The van der Waals surface area contributed by atoms with E-state index in [1.165, 1.54) is 11.3 Å². The topological polar surface area (TPSA) is 62.3 Å². The zero-order valence-corrected chi connectivity index (χ0v) is 12.7. The Bertz CT molecular complexity index is 862. The summed E-state index contributed by atoms with van der Waals surface area (Å²) >= 11 is 1.45. The molecule has 4 rings (SSSR count). The Kier molecular flexibility index (Phi) is 2.61. The molecule has 2 aliphatic rings. The molecular weight excluding hydrogens is 298 g/mol. The second-order valence-electron chi connectivity index (χ2n) is 5.94. The van der Waals surface area contributed by atoms with Crippen LogP contribution in [0, 0.1) is 5.41 Å². The lowest BCUT2D eigenvalue weighted by molar-refractivity contribution is -0.126. The van der Waals surface area contributed by atoms with Crippen molar-refractivity contribution in [1.82, 2.24) is 15.2 Å². The van der Waals surface area contributed by atoms with Gasteiger partial charge in [0.2, 0.25) is 5.91 Å². The van der Waals surface area contributed by atoms with Gasteiger partial charge in [-0.1, -0.05) is 6.58 Å². The first-order valence-corrected chi connectivity index (χ1v) is 7.99. The van der Waals surface area contributed by atoms with Gasteiger partial charge in [0.1, 0.15) is 0 Å². The minimum absolute atomic E-state index is 0.0427. The van der Waals surface area contributed by atoms with Crippen LogP contribution in [-0.2, 0) is 4.79 Å². The molecule has 2 aromatic rings. The number of amides is 2. The predicted octanol–water partition coefficient (Wildman–Crippen LogP) is 2.16. The Hall–Kier alpha value is -2.21. The number of nitrogens with zero attached hydrogens (tertiary/aromatic N) is 2. The molecule has 1 aromatic heterocycles. The number of rotatable bonds is 1. The van der Waals surface area contributed by atoms with Crippen molar-refractivity contribution in [1.29, 1.82) is 0 Å². The molecule has 1 unspecified atom stereocenters. The van der Waals surface area contributed by atoms with Crippen molar-refractivity contribution in [2.45, 2.75) is 12.8 Å². The highest BCUT2D eigenvalue weighted by atomic mass is 32.1. The minimum Gasteiger partial charge on any atom is -0.338 e. The van der Waals surface area contributed by atoms with Crippen LogP contribution in [0.4, 0.5) is 0 Å². The Labute approximate surface area is 133 Å². The SMILES string of the molecule is [3H]c1cc2scnc2cc1C(=O)N1CCC2(CC(=C)NC2=O)C1. The molecule has 6 heteroatoms. The monoisotopic (exact) mass is 315 g/mol. The smallest absolute Gasteiger partial charge is 0.253 e. The molecule has 1 atom stereocenters.